The van der Waals surface area contributed by atoms with Crippen LogP contribution >= 0.6 is 23.2 Å². The van der Waals surface area contributed by atoms with Gasteiger partial charge in [0.05, 0.1) is 29.2 Å². The van der Waals surface area contributed by atoms with Gasteiger partial charge >= 0.3 is 0 Å². The van der Waals surface area contributed by atoms with Crippen LogP contribution in [0.2, 0.25) is 10.2 Å². The molecule has 0 amide bonds. The molecule has 0 fully saturated rings. The van der Waals surface area contributed by atoms with Gasteiger partial charge in [-0.2, -0.15) is 5.10 Å². The van der Waals surface area contributed by atoms with Crippen LogP contribution in [0.3, 0.4) is 0 Å². The maximum Gasteiger partial charge on any atom is 0.198 e. The zero-order valence-corrected chi connectivity index (χ0v) is 9.46. The molecule has 0 aliphatic carbocycles. The molecule has 80 valence electrons. The molecule has 0 bridgehead atoms. The van der Waals surface area contributed by atoms with E-state index in [1.165, 1.54) is 6.26 Å². The highest BCUT2D eigenvalue weighted by atomic mass is 35.5. The molecule has 0 spiro atoms. The molecule has 0 radical (unpaired) electrons. The van der Waals surface area contributed by atoms with Crippen molar-refractivity contribution in [3.63, 3.8) is 0 Å². The van der Waals surface area contributed by atoms with Crippen molar-refractivity contribution in [2.75, 3.05) is 0 Å². The molecule has 1 atom stereocenters. The van der Waals surface area contributed by atoms with Gasteiger partial charge in [-0.1, -0.05) is 11.6 Å². The van der Waals surface area contributed by atoms with Crippen molar-refractivity contribution in [3.8, 4) is 0 Å². The summed E-state index contributed by atoms with van der Waals surface area (Å²) in [7, 11) is 1.77. The van der Waals surface area contributed by atoms with E-state index in [1.54, 1.807) is 24.0 Å². The van der Waals surface area contributed by atoms with E-state index >= 15 is 0 Å². The zero-order chi connectivity index (χ0) is 11.0. The first-order valence-electron chi connectivity index (χ1n) is 4.27. The number of furan rings is 1. The number of halogens is 2. The molecule has 0 saturated heterocycles. The van der Waals surface area contributed by atoms with Gasteiger partial charge in [0.1, 0.15) is 0 Å². The second kappa shape index (κ2) is 3.89. The van der Waals surface area contributed by atoms with Crippen LogP contribution in [0.5, 0.6) is 0 Å². The lowest BCUT2D eigenvalue weighted by Crippen LogP contribution is -2.16. The van der Waals surface area contributed by atoms with Crippen molar-refractivity contribution in [2.24, 2.45) is 12.8 Å². The number of nitrogens with zero attached hydrogens (tertiary/aromatic N) is 2. The molecule has 6 heteroatoms. The summed E-state index contributed by atoms with van der Waals surface area (Å²) in [4.78, 5) is 0. The molecule has 2 aromatic rings. The molecular weight excluding hydrogens is 237 g/mol. The van der Waals surface area contributed by atoms with Gasteiger partial charge in [0.25, 0.3) is 0 Å². The van der Waals surface area contributed by atoms with E-state index in [0.717, 1.165) is 0 Å². The SMILES string of the molecule is Cn1ncc(Cl)c1C(N)c1ccoc1Cl. The number of aromatic nitrogens is 2. The third-order valence-corrected chi connectivity index (χ3v) is 2.81. The van der Waals surface area contributed by atoms with Crippen LogP contribution in [-0.4, -0.2) is 9.78 Å². The Hall–Kier alpha value is -0.970. The molecule has 1 unspecified atom stereocenters. The maximum atomic E-state index is 6.02. The van der Waals surface area contributed by atoms with Gasteiger partial charge in [0, 0.05) is 12.6 Å². The highest BCUT2D eigenvalue weighted by Crippen LogP contribution is 2.30. The molecule has 2 aromatic heterocycles. The molecule has 0 saturated carbocycles. The van der Waals surface area contributed by atoms with Crippen LogP contribution in [0.25, 0.3) is 0 Å². The fourth-order valence-corrected chi connectivity index (χ4v) is 1.96. The lowest BCUT2D eigenvalue weighted by atomic mass is 10.1. The molecule has 2 rings (SSSR count). The molecule has 15 heavy (non-hydrogen) atoms. The van der Waals surface area contributed by atoms with E-state index in [4.69, 9.17) is 33.4 Å². The maximum absolute atomic E-state index is 6.02. The van der Waals surface area contributed by atoms with Crippen LogP contribution in [0, 0.1) is 0 Å². The fraction of sp³-hybridized carbons (Fsp3) is 0.222. The van der Waals surface area contributed by atoms with Gasteiger partial charge in [-0.25, -0.2) is 0 Å². The summed E-state index contributed by atoms with van der Waals surface area (Å²) < 4.78 is 6.60. The van der Waals surface area contributed by atoms with Gasteiger partial charge in [-0.15, -0.1) is 0 Å². The first kappa shape index (κ1) is 10.5. The normalized spacial score (nSPS) is 13.1. The molecule has 0 aliphatic heterocycles. The van der Waals surface area contributed by atoms with Crippen LogP contribution in [0.15, 0.2) is 22.9 Å². The second-order valence-corrected chi connectivity index (χ2v) is 3.88. The van der Waals surface area contributed by atoms with Crippen molar-refractivity contribution in [1.29, 1.82) is 0 Å². The minimum atomic E-state index is -0.434. The molecule has 2 heterocycles. The highest BCUT2D eigenvalue weighted by molar-refractivity contribution is 6.31. The summed E-state index contributed by atoms with van der Waals surface area (Å²) in [6.45, 7) is 0. The standard InChI is InChI=1S/C9H9Cl2N3O/c1-14-8(6(10)4-13-14)7(12)5-2-3-15-9(5)11/h2-4,7H,12H2,1H3. The predicted octanol–water partition coefficient (Wildman–Crippen LogP) is 2.37. The number of hydrogen-bond donors (Lipinski definition) is 1. The topological polar surface area (TPSA) is 57.0 Å². The Kier molecular flexibility index (Phi) is 2.73. The molecule has 0 aliphatic rings. The number of rotatable bonds is 2. The lowest BCUT2D eigenvalue weighted by molar-refractivity contribution is 0.562. The Morgan fingerprint density at radius 1 is 1.53 bits per heavy atom. The summed E-state index contributed by atoms with van der Waals surface area (Å²) in [6.07, 6.45) is 3.03. The van der Waals surface area contributed by atoms with Crippen LogP contribution in [0.1, 0.15) is 17.3 Å². The Morgan fingerprint density at radius 2 is 2.27 bits per heavy atom. The molecule has 0 aromatic carbocycles. The van der Waals surface area contributed by atoms with Crippen molar-refractivity contribution in [2.45, 2.75) is 6.04 Å². The zero-order valence-electron chi connectivity index (χ0n) is 7.95. The lowest BCUT2D eigenvalue weighted by Gasteiger charge is -2.11. The summed E-state index contributed by atoms with van der Waals surface area (Å²) in [5, 5.41) is 4.80. The van der Waals surface area contributed by atoms with E-state index < -0.39 is 6.04 Å². The van der Waals surface area contributed by atoms with Gasteiger partial charge < -0.3 is 10.2 Å². The predicted molar refractivity (Wildman–Crippen MR) is 58.0 cm³/mol. The minimum Gasteiger partial charge on any atom is -0.453 e. The Balaban J connectivity index is 2.45. The van der Waals surface area contributed by atoms with Crippen LogP contribution in [-0.2, 0) is 7.05 Å². The molecule has 4 nitrogen and oxygen atoms in total. The first-order chi connectivity index (χ1) is 7.11. The number of hydrogen-bond acceptors (Lipinski definition) is 3. The average molecular weight is 246 g/mol. The van der Waals surface area contributed by atoms with E-state index in [0.29, 0.717) is 16.3 Å². The number of nitrogens with two attached hydrogens (primary N) is 1. The summed E-state index contributed by atoms with van der Waals surface area (Å²) in [6, 6.07) is 1.28. The van der Waals surface area contributed by atoms with Gasteiger partial charge in [-0.3, -0.25) is 4.68 Å². The van der Waals surface area contributed by atoms with Crippen LogP contribution in [0.4, 0.5) is 0 Å². The van der Waals surface area contributed by atoms with Crippen molar-refractivity contribution in [1.82, 2.24) is 9.78 Å². The Morgan fingerprint density at radius 3 is 2.73 bits per heavy atom. The van der Waals surface area contributed by atoms with E-state index in [1.807, 2.05) is 0 Å². The molecule has 2 N–H and O–H groups in total. The van der Waals surface area contributed by atoms with Gasteiger partial charge in [0.2, 0.25) is 0 Å². The third-order valence-electron chi connectivity index (χ3n) is 2.21. The largest absolute Gasteiger partial charge is 0.453 e. The monoisotopic (exact) mass is 245 g/mol. The highest BCUT2D eigenvalue weighted by Gasteiger charge is 2.20. The summed E-state index contributed by atoms with van der Waals surface area (Å²) >= 11 is 11.8. The quantitative estimate of drug-likeness (QED) is 0.884. The second-order valence-electron chi connectivity index (χ2n) is 3.13. The third kappa shape index (κ3) is 1.76. The Labute approximate surface area is 96.6 Å². The van der Waals surface area contributed by atoms with Crippen LogP contribution < -0.4 is 5.73 Å². The number of aryl methyl sites for hydroxylation is 1. The van der Waals surface area contributed by atoms with Crippen molar-refractivity contribution in [3.05, 3.63) is 40.0 Å². The van der Waals surface area contributed by atoms with Gasteiger partial charge in [0.15, 0.2) is 5.22 Å². The summed E-state index contributed by atoms with van der Waals surface area (Å²) in [5.74, 6) is 0. The van der Waals surface area contributed by atoms with Crippen molar-refractivity contribution < 1.29 is 4.42 Å². The fourth-order valence-electron chi connectivity index (χ4n) is 1.44. The average Bonchev–Trinajstić information content (AvgIpc) is 2.73. The smallest absolute Gasteiger partial charge is 0.198 e. The van der Waals surface area contributed by atoms with E-state index in [-0.39, 0.29) is 5.22 Å². The minimum absolute atomic E-state index is 0.278. The first-order valence-corrected chi connectivity index (χ1v) is 5.02. The van der Waals surface area contributed by atoms with E-state index in [9.17, 15) is 0 Å². The van der Waals surface area contributed by atoms with Crippen molar-refractivity contribution >= 4 is 23.2 Å². The van der Waals surface area contributed by atoms with Gasteiger partial charge in [-0.05, 0) is 17.7 Å². The Bertz CT molecular complexity index is 458. The molecular formula is C9H9Cl2N3O. The van der Waals surface area contributed by atoms with E-state index in [2.05, 4.69) is 5.10 Å². The summed E-state index contributed by atoms with van der Waals surface area (Å²) in [5.41, 5.74) is 7.42.